The summed E-state index contributed by atoms with van der Waals surface area (Å²) < 4.78 is 0. The Bertz CT molecular complexity index is 352. The van der Waals surface area contributed by atoms with Crippen molar-refractivity contribution in [2.75, 3.05) is 26.7 Å². The fourth-order valence-electron chi connectivity index (χ4n) is 2.07. The summed E-state index contributed by atoms with van der Waals surface area (Å²) in [6, 6.07) is 2.11. The first-order valence-electron chi connectivity index (χ1n) is 6.86. The first kappa shape index (κ1) is 17.4. The van der Waals surface area contributed by atoms with Crippen LogP contribution in [0.15, 0.2) is 0 Å². The summed E-state index contributed by atoms with van der Waals surface area (Å²) in [5, 5.41) is 9.24. The van der Waals surface area contributed by atoms with Crippen LogP contribution in [-0.4, -0.2) is 48.3 Å². The minimum absolute atomic E-state index is 0.0317. The van der Waals surface area contributed by atoms with Crippen LogP contribution in [0.1, 0.15) is 40.5 Å². The smallest absolute Gasteiger partial charge is 0.243 e. The lowest BCUT2D eigenvalue weighted by atomic mass is 9.82. The zero-order valence-electron chi connectivity index (χ0n) is 12.7. The van der Waals surface area contributed by atoms with Crippen LogP contribution in [0.5, 0.6) is 0 Å². The van der Waals surface area contributed by atoms with Gasteiger partial charge in [0.05, 0.1) is 12.6 Å². The molecule has 2 amide bonds. The Labute approximate surface area is 116 Å². The van der Waals surface area contributed by atoms with E-state index in [-0.39, 0.29) is 18.4 Å². The van der Waals surface area contributed by atoms with E-state index in [4.69, 9.17) is 0 Å². The van der Waals surface area contributed by atoms with Crippen LogP contribution in [0.2, 0.25) is 0 Å². The van der Waals surface area contributed by atoms with E-state index in [1.165, 1.54) is 4.90 Å². The predicted molar refractivity (Wildman–Crippen MR) is 74.2 cm³/mol. The largest absolute Gasteiger partial charge is 0.342 e. The number of nitriles is 1. The van der Waals surface area contributed by atoms with E-state index < -0.39 is 5.41 Å². The van der Waals surface area contributed by atoms with E-state index in [2.05, 4.69) is 6.07 Å². The molecule has 5 nitrogen and oxygen atoms in total. The van der Waals surface area contributed by atoms with Crippen molar-refractivity contribution >= 4 is 11.8 Å². The maximum Gasteiger partial charge on any atom is 0.243 e. The Hall–Kier alpha value is -1.57. The Morgan fingerprint density at radius 3 is 1.89 bits per heavy atom. The van der Waals surface area contributed by atoms with Gasteiger partial charge >= 0.3 is 0 Å². The van der Waals surface area contributed by atoms with Crippen molar-refractivity contribution < 1.29 is 9.59 Å². The van der Waals surface area contributed by atoms with Crippen molar-refractivity contribution in [3.05, 3.63) is 0 Å². The molecule has 0 rings (SSSR count). The normalized spacial score (nSPS) is 10.7. The maximum absolute atomic E-state index is 12.3. The molecule has 0 N–H and O–H groups in total. The number of hydrogen-bond donors (Lipinski definition) is 0. The van der Waals surface area contributed by atoms with Gasteiger partial charge in [0.2, 0.25) is 11.8 Å². The minimum atomic E-state index is -1.00. The molecule has 0 radical (unpaired) electrons. The van der Waals surface area contributed by atoms with Gasteiger partial charge in [0.15, 0.2) is 0 Å². The molecule has 5 heteroatoms. The van der Waals surface area contributed by atoms with Gasteiger partial charge in [0.1, 0.15) is 5.41 Å². The Balaban J connectivity index is 4.84. The third-order valence-corrected chi connectivity index (χ3v) is 3.67. The minimum Gasteiger partial charge on any atom is -0.342 e. The molecule has 0 saturated heterocycles. The molecule has 0 aromatic carbocycles. The summed E-state index contributed by atoms with van der Waals surface area (Å²) in [7, 11) is 1.58. The van der Waals surface area contributed by atoms with Crippen LogP contribution < -0.4 is 0 Å². The lowest BCUT2D eigenvalue weighted by Gasteiger charge is -2.29. The van der Waals surface area contributed by atoms with E-state index in [0.29, 0.717) is 25.9 Å². The highest BCUT2D eigenvalue weighted by Crippen LogP contribution is 2.27. The van der Waals surface area contributed by atoms with Gasteiger partial charge in [-0.3, -0.25) is 9.59 Å². The van der Waals surface area contributed by atoms with Crippen molar-refractivity contribution in [1.82, 2.24) is 9.80 Å². The zero-order chi connectivity index (χ0) is 15.1. The third-order valence-electron chi connectivity index (χ3n) is 3.67. The van der Waals surface area contributed by atoms with E-state index in [9.17, 15) is 14.9 Å². The molecular formula is C14H25N3O2. The fourth-order valence-corrected chi connectivity index (χ4v) is 2.07. The summed E-state index contributed by atoms with van der Waals surface area (Å²) in [5.41, 5.74) is -1.00. The van der Waals surface area contributed by atoms with Crippen molar-refractivity contribution in [1.29, 1.82) is 5.26 Å². The van der Waals surface area contributed by atoms with Crippen molar-refractivity contribution in [3.8, 4) is 6.07 Å². The van der Waals surface area contributed by atoms with Gasteiger partial charge in [-0.05, 0) is 26.7 Å². The van der Waals surface area contributed by atoms with Gasteiger partial charge in [-0.15, -0.1) is 0 Å². The molecular weight excluding hydrogens is 242 g/mol. The quantitative estimate of drug-likeness (QED) is 0.704. The average Bonchev–Trinajstić information content (AvgIpc) is 2.42. The SMILES string of the molecule is CCN(CC)C(=O)CN(C)C(=O)C(C#N)(CC)CC. The maximum atomic E-state index is 12.3. The molecule has 108 valence electrons. The molecule has 0 heterocycles. The molecule has 0 aliphatic carbocycles. The second kappa shape index (κ2) is 7.78. The highest BCUT2D eigenvalue weighted by molar-refractivity contribution is 5.89. The molecule has 0 spiro atoms. The summed E-state index contributed by atoms with van der Waals surface area (Å²) in [6.45, 7) is 8.74. The topological polar surface area (TPSA) is 64.4 Å². The summed E-state index contributed by atoms with van der Waals surface area (Å²) in [5.74, 6) is -0.347. The molecule has 0 saturated carbocycles. The van der Waals surface area contributed by atoms with Gasteiger partial charge in [-0.1, -0.05) is 13.8 Å². The third kappa shape index (κ3) is 3.95. The lowest BCUT2D eigenvalue weighted by molar-refractivity contribution is -0.144. The highest BCUT2D eigenvalue weighted by Gasteiger charge is 2.37. The van der Waals surface area contributed by atoms with Crippen LogP contribution >= 0.6 is 0 Å². The monoisotopic (exact) mass is 267 g/mol. The molecule has 0 unspecified atom stereocenters. The van der Waals surface area contributed by atoms with Crippen LogP contribution in [-0.2, 0) is 9.59 Å². The standard InChI is InChI=1S/C14H25N3O2/c1-6-14(7-2,11-15)13(19)16(5)10-12(18)17(8-3)9-4/h6-10H2,1-5H3. The first-order valence-corrected chi connectivity index (χ1v) is 6.86. The van der Waals surface area contributed by atoms with Gasteiger partial charge in [-0.2, -0.15) is 5.26 Å². The average molecular weight is 267 g/mol. The number of likely N-dealkylation sites (N-methyl/N-ethyl adjacent to an activating group) is 2. The summed E-state index contributed by atoms with van der Waals surface area (Å²) in [6.07, 6.45) is 0.922. The number of amides is 2. The van der Waals surface area contributed by atoms with Gasteiger partial charge in [0, 0.05) is 20.1 Å². The zero-order valence-corrected chi connectivity index (χ0v) is 12.7. The first-order chi connectivity index (χ1) is 8.92. The van der Waals surface area contributed by atoms with Gasteiger partial charge < -0.3 is 9.80 Å². The van der Waals surface area contributed by atoms with Crippen molar-refractivity contribution in [3.63, 3.8) is 0 Å². The van der Waals surface area contributed by atoms with Crippen LogP contribution in [0.25, 0.3) is 0 Å². The van der Waals surface area contributed by atoms with Crippen molar-refractivity contribution in [2.45, 2.75) is 40.5 Å². The van der Waals surface area contributed by atoms with E-state index >= 15 is 0 Å². The summed E-state index contributed by atoms with van der Waals surface area (Å²) in [4.78, 5) is 27.3. The number of carbonyl (C=O) groups excluding carboxylic acids is 2. The molecule has 0 aromatic heterocycles. The number of carbonyl (C=O) groups is 2. The van der Waals surface area contributed by atoms with Gasteiger partial charge in [-0.25, -0.2) is 0 Å². The summed E-state index contributed by atoms with van der Waals surface area (Å²) >= 11 is 0. The fraction of sp³-hybridized carbons (Fsp3) is 0.786. The predicted octanol–water partition coefficient (Wildman–Crippen LogP) is 1.64. The Morgan fingerprint density at radius 1 is 1.11 bits per heavy atom. The number of hydrogen-bond acceptors (Lipinski definition) is 3. The number of nitrogens with zero attached hydrogens (tertiary/aromatic N) is 3. The molecule has 0 aliphatic rings. The molecule has 0 fully saturated rings. The lowest BCUT2D eigenvalue weighted by Crippen LogP contribution is -2.46. The van der Waals surface area contributed by atoms with Crippen LogP contribution in [0.4, 0.5) is 0 Å². The Morgan fingerprint density at radius 2 is 1.58 bits per heavy atom. The molecule has 0 bridgehead atoms. The van der Waals surface area contributed by atoms with Gasteiger partial charge in [0.25, 0.3) is 0 Å². The molecule has 19 heavy (non-hydrogen) atoms. The highest BCUT2D eigenvalue weighted by atomic mass is 16.2. The van der Waals surface area contributed by atoms with Crippen molar-refractivity contribution in [2.24, 2.45) is 5.41 Å². The molecule has 0 aliphatic heterocycles. The van der Waals surface area contributed by atoms with E-state index in [1.54, 1.807) is 11.9 Å². The second-order valence-corrected chi connectivity index (χ2v) is 4.63. The Kier molecular flexibility index (Phi) is 7.13. The van der Waals surface area contributed by atoms with E-state index in [1.807, 2.05) is 27.7 Å². The number of rotatable bonds is 7. The second-order valence-electron chi connectivity index (χ2n) is 4.63. The molecule has 0 atom stereocenters. The van der Waals surface area contributed by atoms with Crippen LogP contribution in [0, 0.1) is 16.7 Å². The van der Waals surface area contributed by atoms with Crippen LogP contribution in [0.3, 0.4) is 0 Å². The van der Waals surface area contributed by atoms with E-state index in [0.717, 1.165) is 0 Å². The molecule has 0 aromatic rings.